The van der Waals surface area contributed by atoms with Crippen LogP contribution in [0.4, 0.5) is 9.52 Å². The number of hydrogen-bond donors (Lipinski definition) is 1. The van der Waals surface area contributed by atoms with Crippen molar-refractivity contribution < 1.29 is 9.18 Å². The number of aromatic nitrogens is 2. The van der Waals surface area contributed by atoms with E-state index in [1.54, 1.807) is 24.3 Å². The van der Waals surface area contributed by atoms with Crippen molar-refractivity contribution in [3.05, 3.63) is 69.2 Å². The second-order valence-electron chi connectivity index (χ2n) is 5.90. The van der Waals surface area contributed by atoms with Gasteiger partial charge in [-0.25, -0.2) is 9.37 Å². The molecule has 2 heterocycles. The Kier molecular flexibility index (Phi) is 4.41. The molecule has 0 atom stereocenters. The summed E-state index contributed by atoms with van der Waals surface area (Å²) in [6.45, 7) is 2.50. The number of rotatable bonds is 3. The van der Waals surface area contributed by atoms with Gasteiger partial charge in [-0.1, -0.05) is 22.9 Å². The molecule has 0 spiro atoms. The number of nitrogens with one attached hydrogen (secondary N) is 1. The van der Waals surface area contributed by atoms with E-state index in [-0.39, 0.29) is 11.4 Å². The smallest absolute Gasteiger partial charge is 0.262 e. The van der Waals surface area contributed by atoms with E-state index >= 15 is 0 Å². The van der Waals surface area contributed by atoms with Crippen LogP contribution in [0.3, 0.4) is 0 Å². The second-order valence-corrected chi connectivity index (χ2v) is 7.37. The normalized spacial score (nSPS) is 11.2. The van der Waals surface area contributed by atoms with Crippen molar-refractivity contribution in [2.24, 2.45) is 0 Å². The lowest BCUT2D eigenvalue weighted by molar-refractivity contribution is 0.102. The number of thiazole rings is 1. The first kappa shape index (κ1) is 17.6. The lowest BCUT2D eigenvalue weighted by atomic mass is 10.1. The number of halogens is 2. The fourth-order valence-corrected chi connectivity index (χ4v) is 3.97. The molecule has 1 amide bonds. The molecule has 2 aromatic heterocycles. The quantitative estimate of drug-likeness (QED) is 0.542. The maximum absolute atomic E-state index is 13.3. The van der Waals surface area contributed by atoms with Crippen LogP contribution in [0.25, 0.3) is 21.1 Å². The summed E-state index contributed by atoms with van der Waals surface area (Å²) in [5, 5.41) is 3.74. The minimum absolute atomic E-state index is 0.00273. The molecule has 0 saturated heterocycles. The Morgan fingerprint density at radius 1 is 1.30 bits per heavy atom. The number of hydrogen-bond acceptors (Lipinski definition) is 4. The molecule has 0 radical (unpaired) electrons. The molecular formula is C19H13ClFN3O2S. The zero-order valence-corrected chi connectivity index (χ0v) is 15.7. The van der Waals surface area contributed by atoms with Crippen LogP contribution in [0.5, 0.6) is 0 Å². The summed E-state index contributed by atoms with van der Waals surface area (Å²) in [5.41, 5.74) is 0.880. The number of benzene rings is 2. The van der Waals surface area contributed by atoms with Gasteiger partial charge in [0, 0.05) is 23.2 Å². The van der Waals surface area contributed by atoms with E-state index in [0.29, 0.717) is 37.8 Å². The molecule has 0 aliphatic carbocycles. The summed E-state index contributed by atoms with van der Waals surface area (Å²) in [6.07, 6.45) is 1.53. The Morgan fingerprint density at radius 2 is 2.11 bits per heavy atom. The van der Waals surface area contributed by atoms with Crippen LogP contribution in [0.1, 0.15) is 17.3 Å². The van der Waals surface area contributed by atoms with Gasteiger partial charge in [0.2, 0.25) is 5.43 Å². The summed E-state index contributed by atoms with van der Waals surface area (Å²) >= 11 is 7.16. The summed E-state index contributed by atoms with van der Waals surface area (Å²) in [4.78, 5) is 29.8. The van der Waals surface area contributed by atoms with Crippen molar-refractivity contribution in [1.82, 2.24) is 9.55 Å². The fourth-order valence-electron chi connectivity index (χ4n) is 2.91. The molecule has 0 aliphatic heterocycles. The molecule has 27 heavy (non-hydrogen) atoms. The number of carbonyl (C=O) groups is 1. The molecule has 8 heteroatoms. The monoisotopic (exact) mass is 401 g/mol. The Morgan fingerprint density at radius 3 is 2.89 bits per heavy atom. The van der Waals surface area contributed by atoms with Crippen molar-refractivity contribution in [3.8, 4) is 0 Å². The van der Waals surface area contributed by atoms with E-state index in [4.69, 9.17) is 11.6 Å². The number of nitrogens with zero attached hydrogens (tertiary/aromatic N) is 2. The van der Waals surface area contributed by atoms with Crippen LogP contribution >= 0.6 is 22.9 Å². The van der Waals surface area contributed by atoms with E-state index in [0.717, 1.165) is 11.3 Å². The van der Waals surface area contributed by atoms with Crippen molar-refractivity contribution in [3.63, 3.8) is 0 Å². The largest absolute Gasteiger partial charge is 0.347 e. The lowest BCUT2D eigenvalue weighted by Crippen LogP contribution is -2.23. The number of amides is 1. The van der Waals surface area contributed by atoms with Crippen LogP contribution in [-0.4, -0.2) is 15.5 Å². The topological polar surface area (TPSA) is 64.0 Å². The average molecular weight is 402 g/mol. The van der Waals surface area contributed by atoms with Crippen LogP contribution in [-0.2, 0) is 6.54 Å². The highest BCUT2D eigenvalue weighted by atomic mass is 35.5. The molecule has 0 fully saturated rings. The highest BCUT2D eigenvalue weighted by molar-refractivity contribution is 7.22. The number of fused-ring (bicyclic) bond motifs is 2. The molecule has 1 N–H and O–H groups in total. The Balaban J connectivity index is 1.77. The average Bonchev–Trinajstić information content (AvgIpc) is 3.03. The van der Waals surface area contributed by atoms with Gasteiger partial charge in [0.25, 0.3) is 5.91 Å². The molecule has 136 valence electrons. The van der Waals surface area contributed by atoms with Crippen LogP contribution < -0.4 is 10.7 Å². The third kappa shape index (κ3) is 3.20. The number of anilines is 1. The van der Waals surface area contributed by atoms with Gasteiger partial charge in [-0.2, -0.15) is 0 Å². The van der Waals surface area contributed by atoms with Gasteiger partial charge in [0.05, 0.1) is 15.7 Å². The molecule has 0 unspecified atom stereocenters. The van der Waals surface area contributed by atoms with E-state index < -0.39 is 11.3 Å². The Labute approximate surface area is 162 Å². The van der Waals surface area contributed by atoms with E-state index in [1.165, 1.54) is 18.3 Å². The highest BCUT2D eigenvalue weighted by Crippen LogP contribution is 2.27. The third-order valence-corrected chi connectivity index (χ3v) is 5.37. The fraction of sp³-hybridized carbons (Fsp3) is 0.105. The molecule has 0 saturated carbocycles. The number of pyridine rings is 1. The Hall–Kier alpha value is -2.77. The summed E-state index contributed by atoms with van der Waals surface area (Å²) in [7, 11) is 0. The first-order valence-electron chi connectivity index (χ1n) is 8.16. The molecule has 0 aliphatic rings. The predicted octanol–water partition coefficient (Wildman–Crippen LogP) is 4.68. The molecule has 4 aromatic rings. The molecule has 4 rings (SSSR count). The van der Waals surface area contributed by atoms with E-state index in [2.05, 4.69) is 10.3 Å². The van der Waals surface area contributed by atoms with Gasteiger partial charge in [0.1, 0.15) is 11.4 Å². The molecule has 2 aromatic carbocycles. The van der Waals surface area contributed by atoms with E-state index in [9.17, 15) is 14.0 Å². The molecule has 5 nitrogen and oxygen atoms in total. The van der Waals surface area contributed by atoms with Crippen molar-refractivity contribution in [2.75, 3.05) is 5.32 Å². The number of aryl methyl sites for hydroxylation is 1. The van der Waals surface area contributed by atoms with Gasteiger partial charge in [0.15, 0.2) is 5.13 Å². The maximum atomic E-state index is 13.3. The zero-order chi connectivity index (χ0) is 19.1. The van der Waals surface area contributed by atoms with Gasteiger partial charge < -0.3 is 4.57 Å². The second kappa shape index (κ2) is 6.75. The maximum Gasteiger partial charge on any atom is 0.262 e. The summed E-state index contributed by atoms with van der Waals surface area (Å²) in [5.74, 6) is -0.940. The summed E-state index contributed by atoms with van der Waals surface area (Å²) < 4.78 is 15.8. The first-order chi connectivity index (χ1) is 13.0. The van der Waals surface area contributed by atoms with E-state index in [1.807, 2.05) is 11.5 Å². The highest BCUT2D eigenvalue weighted by Gasteiger charge is 2.17. The molecule has 0 bridgehead atoms. The van der Waals surface area contributed by atoms with Gasteiger partial charge in [-0.05, 0) is 43.3 Å². The minimum Gasteiger partial charge on any atom is -0.347 e. The Bertz CT molecular complexity index is 1270. The summed E-state index contributed by atoms with van der Waals surface area (Å²) in [6, 6.07) is 9.22. The zero-order valence-electron chi connectivity index (χ0n) is 14.1. The number of carbonyl (C=O) groups excluding carboxylic acids is 1. The van der Waals surface area contributed by atoms with Gasteiger partial charge in [-0.15, -0.1) is 0 Å². The SMILES string of the molecule is CCn1cc(C(=O)Nc2nc3ccc(F)cc3s2)c(=O)c2cc(Cl)ccc21. The third-order valence-electron chi connectivity index (χ3n) is 4.20. The van der Waals surface area contributed by atoms with Gasteiger partial charge in [-0.3, -0.25) is 14.9 Å². The van der Waals surface area contributed by atoms with Crippen LogP contribution in [0.2, 0.25) is 5.02 Å². The van der Waals surface area contributed by atoms with Crippen LogP contribution in [0, 0.1) is 5.82 Å². The first-order valence-corrected chi connectivity index (χ1v) is 9.36. The molecular weight excluding hydrogens is 389 g/mol. The van der Waals surface area contributed by atoms with Crippen LogP contribution in [0.15, 0.2) is 47.4 Å². The minimum atomic E-state index is -0.566. The van der Waals surface area contributed by atoms with Crippen molar-refractivity contribution in [1.29, 1.82) is 0 Å². The van der Waals surface area contributed by atoms with Crippen molar-refractivity contribution >= 4 is 55.1 Å². The standard InChI is InChI=1S/C19H13ClFN3O2S/c1-2-24-9-13(17(25)12-7-10(20)3-6-15(12)24)18(26)23-19-22-14-5-4-11(21)8-16(14)27-19/h3-9H,2H2,1H3,(H,22,23,26). The van der Waals surface area contributed by atoms with Gasteiger partial charge >= 0.3 is 0 Å². The van der Waals surface area contributed by atoms with Crippen molar-refractivity contribution in [2.45, 2.75) is 13.5 Å². The lowest BCUT2D eigenvalue weighted by Gasteiger charge is -2.11. The predicted molar refractivity (Wildman–Crippen MR) is 106 cm³/mol.